The van der Waals surface area contributed by atoms with Gasteiger partial charge in [0, 0.05) is 12.6 Å². The number of rotatable bonds is 3. The topological polar surface area (TPSA) is 24.4 Å². The molecule has 0 aliphatic carbocycles. The predicted octanol–water partition coefficient (Wildman–Crippen LogP) is 0.294. The highest BCUT2D eigenvalue weighted by atomic mass is 32.2. The fourth-order valence-electron chi connectivity index (χ4n) is 0.658. The Morgan fingerprint density at radius 1 is 1.80 bits per heavy atom. The van der Waals surface area contributed by atoms with Crippen molar-refractivity contribution in [1.82, 2.24) is 5.23 Å². The van der Waals surface area contributed by atoms with E-state index in [2.05, 4.69) is 30.3 Å². The summed E-state index contributed by atoms with van der Waals surface area (Å²) in [5.41, 5.74) is 0. The minimum atomic E-state index is 0.398. The second-order valence-corrected chi connectivity index (χ2v) is 2.85. The number of hydrogen-bond donors (Lipinski definition) is 1. The molecule has 0 aromatic heterocycles. The quantitative estimate of drug-likeness (QED) is 0.362. The zero-order valence-electron chi connectivity index (χ0n) is 7.14. The molecule has 0 spiro atoms. The highest BCUT2D eigenvalue weighted by Gasteiger charge is 2.03. The zero-order chi connectivity index (χ0) is 7.98. The van der Waals surface area contributed by atoms with E-state index in [1.54, 1.807) is 11.8 Å². The van der Waals surface area contributed by atoms with E-state index in [1.165, 1.54) is 5.04 Å². The summed E-state index contributed by atoms with van der Waals surface area (Å²) in [6, 6.07) is 0.398. The highest BCUT2D eigenvalue weighted by molar-refractivity contribution is 8.13. The first-order valence-electron chi connectivity index (χ1n) is 3.51. The molecule has 2 nitrogen and oxygen atoms in total. The van der Waals surface area contributed by atoms with Gasteiger partial charge in [0.05, 0.1) is 5.04 Å². The van der Waals surface area contributed by atoms with Crippen molar-refractivity contribution in [2.75, 3.05) is 12.8 Å². The Balaban J connectivity index is 3.92. The molecule has 0 unspecified atom stereocenters. The van der Waals surface area contributed by atoms with Crippen LogP contribution in [0.25, 0.3) is 0 Å². The molecular weight excluding hydrogens is 143 g/mol. The number of nitrogens with one attached hydrogen (secondary N) is 1. The Kier molecular flexibility index (Phi) is 5.83. The van der Waals surface area contributed by atoms with Gasteiger partial charge in [0.25, 0.3) is 0 Å². The summed E-state index contributed by atoms with van der Waals surface area (Å²) in [5, 5.41) is 4.33. The van der Waals surface area contributed by atoms with Crippen LogP contribution < -0.4 is 5.23 Å². The molecule has 0 aliphatic rings. The lowest BCUT2D eigenvalue weighted by Crippen LogP contribution is -2.30. The molecule has 0 heterocycles. The molecule has 58 valence electrons. The first-order valence-corrected chi connectivity index (χ1v) is 4.74. The maximum absolute atomic E-state index is 4.33. The average molecular weight is 158 g/mol. The van der Waals surface area contributed by atoms with Crippen LogP contribution in [0.1, 0.15) is 13.8 Å². The van der Waals surface area contributed by atoms with Crippen LogP contribution in [-0.2, 0) is 0 Å². The van der Waals surface area contributed by atoms with Crippen molar-refractivity contribution < 1.29 is 0 Å². The van der Waals surface area contributed by atoms with Crippen molar-refractivity contribution in [3.05, 3.63) is 0 Å². The van der Waals surface area contributed by atoms with Crippen molar-refractivity contribution >= 4 is 24.8 Å². The molecule has 0 fully saturated rings. The van der Waals surface area contributed by atoms with Crippen LogP contribution in [-0.4, -0.2) is 31.9 Å². The van der Waals surface area contributed by atoms with Gasteiger partial charge in [0.1, 0.15) is 0 Å². The third-order valence-electron chi connectivity index (χ3n) is 1.33. The molecule has 0 amide bonds. The Morgan fingerprint density at radius 3 is 2.70 bits per heavy atom. The van der Waals surface area contributed by atoms with Gasteiger partial charge in [0.15, 0.2) is 7.98 Å². The summed E-state index contributed by atoms with van der Waals surface area (Å²) in [6.07, 6.45) is 2.06. The second kappa shape index (κ2) is 5.80. The standard InChI is InChI=1S/C6H15BN2S/c1-4-8-6(10-3)5(2)9-7/h5,9H,4,7H2,1-3H3/b8-6-/t5-/m1/s1. The van der Waals surface area contributed by atoms with Crippen LogP contribution >= 0.6 is 11.8 Å². The van der Waals surface area contributed by atoms with Crippen LogP contribution in [0.15, 0.2) is 4.99 Å². The molecule has 0 aliphatic heterocycles. The Labute approximate surface area is 68.3 Å². The summed E-state index contributed by atoms with van der Waals surface area (Å²) in [5.74, 6) is 0. The maximum atomic E-state index is 4.33. The molecule has 0 bridgehead atoms. The fraction of sp³-hybridized carbons (Fsp3) is 0.833. The van der Waals surface area contributed by atoms with Gasteiger partial charge in [-0.05, 0) is 20.1 Å². The lowest BCUT2D eigenvalue weighted by Gasteiger charge is -2.10. The lowest BCUT2D eigenvalue weighted by molar-refractivity contribution is 0.886. The van der Waals surface area contributed by atoms with E-state index in [9.17, 15) is 0 Å². The van der Waals surface area contributed by atoms with Crippen molar-refractivity contribution in [3.63, 3.8) is 0 Å². The number of aliphatic imine (C=N–C) groups is 1. The summed E-state index contributed by atoms with van der Waals surface area (Å²) in [4.78, 5) is 4.33. The molecule has 0 radical (unpaired) electrons. The molecule has 0 saturated carbocycles. The predicted molar refractivity (Wildman–Crippen MR) is 52.6 cm³/mol. The normalized spacial score (nSPS) is 15.3. The van der Waals surface area contributed by atoms with Gasteiger partial charge in [-0.3, -0.25) is 4.99 Å². The first kappa shape index (κ1) is 10.0. The molecule has 0 aromatic carbocycles. The maximum Gasteiger partial charge on any atom is 0.182 e. The number of thioether (sulfide) groups is 1. The number of nitrogens with zero attached hydrogens (tertiary/aromatic N) is 1. The Morgan fingerprint density at radius 2 is 2.40 bits per heavy atom. The average Bonchev–Trinajstić information content (AvgIpc) is 1.99. The first-order chi connectivity index (χ1) is 4.76. The van der Waals surface area contributed by atoms with E-state index in [4.69, 9.17) is 0 Å². The molecule has 0 rings (SSSR count). The van der Waals surface area contributed by atoms with Gasteiger partial charge in [-0.2, -0.15) is 0 Å². The second-order valence-electron chi connectivity index (χ2n) is 2.03. The van der Waals surface area contributed by atoms with E-state index < -0.39 is 0 Å². The minimum Gasteiger partial charge on any atom is -0.354 e. The third kappa shape index (κ3) is 3.27. The molecule has 4 heteroatoms. The van der Waals surface area contributed by atoms with Crippen molar-refractivity contribution in [1.29, 1.82) is 0 Å². The number of hydrogen-bond acceptors (Lipinski definition) is 3. The Bertz CT molecular complexity index is 116. The molecule has 1 atom stereocenters. The van der Waals surface area contributed by atoms with Crippen LogP contribution in [0, 0.1) is 0 Å². The third-order valence-corrected chi connectivity index (χ3v) is 2.23. The Hall–Kier alpha value is 0.0449. The fourth-order valence-corrected chi connectivity index (χ4v) is 1.39. The molecular formula is C6H15BN2S. The van der Waals surface area contributed by atoms with Gasteiger partial charge in [0.2, 0.25) is 0 Å². The molecule has 1 N–H and O–H groups in total. The lowest BCUT2D eigenvalue weighted by atomic mass is 10.3. The van der Waals surface area contributed by atoms with Crippen molar-refractivity contribution in [3.8, 4) is 0 Å². The van der Waals surface area contributed by atoms with Crippen molar-refractivity contribution in [2.24, 2.45) is 4.99 Å². The summed E-state index contributed by atoms with van der Waals surface area (Å²) in [6.45, 7) is 5.05. The van der Waals surface area contributed by atoms with Crippen LogP contribution in [0.3, 0.4) is 0 Å². The van der Waals surface area contributed by atoms with Gasteiger partial charge in [-0.25, -0.2) is 0 Å². The zero-order valence-corrected chi connectivity index (χ0v) is 7.96. The largest absolute Gasteiger partial charge is 0.354 e. The van der Waals surface area contributed by atoms with E-state index >= 15 is 0 Å². The van der Waals surface area contributed by atoms with E-state index in [0.29, 0.717) is 6.04 Å². The van der Waals surface area contributed by atoms with Gasteiger partial charge in [-0.1, -0.05) is 0 Å². The smallest absolute Gasteiger partial charge is 0.182 e. The summed E-state index contributed by atoms with van der Waals surface area (Å²) >= 11 is 1.71. The van der Waals surface area contributed by atoms with Gasteiger partial charge in [-0.15, -0.1) is 11.8 Å². The molecule has 10 heavy (non-hydrogen) atoms. The van der Waals surface area contributed by atoms with Crippen LogP contribution in [0.4, 0.5) is 0 Å². The van der Waals surface area contributed by atoms with E-state index in [0.717, 1.165) is 6.54 Å². The summed E-state index contributed by atoms with van der Waals surface area (Å²) < 4.78 is 0. The van der Waals surface area contributed by atoms with Crippen LogP contribution in [0.5, 0.6) is 0 Å². The summed E-state index contributed by atoms with van der Waals surface area (Å²) in [7, 11) is 1.95. The van der Waals surface area contributed by atoms with Gasteiger partial charge < -0.3 is 5.23 Å². The van der Waals surface area contributed by atoms with Crippen LogP contribution in [0.2, 0.25) is 0 Å². The molecule has 0 aromatic rings. The monoisotopic (exact) mass is 158 g/mol. The van der Waals surface area contributed by atoms with E-state index in [-0.39, 0.29) is 0 Å². The molecule has 0 saturated heterocycles. The van der Waals surface area contributed by atoms with E-state index in [1.807, 2.05) is 7.98 Å². The highest BCUT2D eigenvalue weighted by Crippen LogP contribution is 2.02. The minimum absolute atomic E-state index is 0.398. The van der Waals surface area contributed by atoms with Gasteiger partial charge >= 0.3 is 0 Å². The van der Waals surface area contributed by atoms with Crippen molar-refractivity contribution in [2.45, 2.75) is 19.9 Å². The SMILES string of the molecule is BN[C@H](C)/C(=N/CC)SC.